The summed E-state index contributed by atoms with van der Waals surface area (Å²) in [6, 6.07) is 7.50. The van der Waals surface area contributed by atoms with Gasteiger partial charge in [-0.05, 0) is 62.8 Å². The van der Waals surface area contributed by atoms with Crippen molar-refractivity contribution in [3.8, 4) is 17.1 Å². The fourth-order valence-electron chi connectivity index (χ4n) is 4.89. The predicted octanol–water partition coefficient (Wildman–Crippen LogP) is 4.90. The zero-order valence-corrected chi connectivity index (χ0v) is 19.5. The standard InChI is InChI=1S/C25H32N2O6/c1-4-5-13-27(3)25(30)31-14-19-15(2)26-33-23(19)16-9-11-17(12-10-16)32-20-8-6-7-18-21(20)22(18)24(28)29/h9-12,18,20-22H,4-8,13-14H2,1-3H3,(H,28,29). The Labute approximate surface area is 193 Å². The molecule has 8 nitrogen and oxygen atoms in total. The Morgan fingerprint density at radius 1 is 1.24 bits per heavy atom. The Morgan fingerprint density at radius 3 is 2.70 bits per heavy atom. The van der Waals surface area contributed by atoms with Crippen molar-refractivity contribution >= 4 is 12.1 Å². The van der Waals surface area contributed by atoms with Gasteiger partial charge >= 0.3 is 12.1 Å². The largest absolute Gasteiger partial charge is 0.490 e. The summed E-state index contributed by atoms with van der Waals surface area (Å²) in [7, 11) is 1.73. The number of ether oxygens (including phenoxy) is 2. The van der Waals surface area contributed by atoms with E-state index >= 15 is 0 Å². The number of rotatable bonds is 9. The Hall–Kier alpha value is -3.03. The number of carboxylic acids is 1. The summed E-state index contributed by atoms with van der Waals surface area (Å²) in [5.41, 5.74) is 2.22. The van der Waals surface area contributed by atoms with Crippen LogP contribution in [0.15, 0.2) is 28.8 Å². The Kier molecular flexibility index (Phi) is 6.91. The highest BCUT2D eigenvalue weighted by Gasteiger charge is 2.60. The molecule has 1 N–H and O–H groups in total. The van der Waals surface area contributed by atoms with Gasteiger partial charge in [0.2, 0.25) is 0 Å². The summed E-state index contributed by atoms with van der Waals surface area (Å²) in [5.74, 6) is 0.672. The van der Waals surface area contributed by atoms with Crippen LogP contribution in [0.4, 0.5) is 4.79 Å². The van der Waals surface area contributed by atoms with Gasteiger partial charge in [-0.1, -0.05) is 18.5 Å². The third kappa shape index (κ3) is 4.99. The van der Waals surface area contributed by atoms with Gasteiger partial charge in [-0.3, -0.25) is 4.79 Å². The SMILES string of the molecule is CCCCN(C)C(=O)OCc1c(C)noc1-c1ccc(OC2CCCC3C(C(=O)O)C23)cc1. The molecule has 1 aromatic heterocycles. The van der Waals surface area contributed by atoms with E-state index in [-0.39, 0.29) is 36.6 Å². The highest BCUT2D eigenvalue weighted by molar-refractivity contribution is 5.74. The first-order chi connectivity index (χ1) is 15.9. The third-order valence-electron chi connectivity index (χ3n) is 6.86. The van der Waals surface area contributed by atoms with Crippen molar-refractivity contribution in [2.45, 2.75) is 58.7 Å². The van der Waals surface area contributed by atoms with E-state index in [0.29, 0.717) is 23.7 Å². The summed E-state index contributed by atoms with van der Waals surface area (Å²) >= 11 is 0. The molecule has 2 aliphatic rings. The van der Waals surface area contributed by atoms with Gasteiger partial charge in [-0.25, -0.2) is 4.79 Å². The van der Waals surface area contributed by atoms with Crippen LogP contribution in [-0.4, -0.2) is 46.9 Å². The van der Waals surface area contributed by atoms with Gasteiger partial charge < -0.3 is 24.0 Å². The van der Waals surface area contributed by atoms with E-state index in [0.717, 1.165) is 43.2 Å². The monoisotopic (exact) mass is 456 g/mol. The normalized spacial score (nSPS) is 23.5. The van der Waals surface area contributed by atoms with Crippen molar-refractivity contribution in [1.82, 2.24) is 10.1 Å². The zero-order valence-electron chi connectivity index (χ0n) is 19.5. The number of hydrogen-bond acceptors (Lipinski definition) is 6. The maximum absolute atomic E-state index is 12.2. The molecule has 2 aliphatic carbocycles. The first-order valence-electron chi connectivity index (χ1n) is 11.7. The molecule has 1 heterocycles. The number of hydrogen-bond donors (Lipinski definition) is 1. The van der Waals surface area contributed by atoms with E-state index < -0.39 is 5.97 Å². The van der Waals surface area contributed by atoms with E-state index in [9.17, 15) is 14.7 Å². The fourth-order valence-corrected chi connectivity index (χ4v) is 4.89. The number of benzene rings is 1. The molecule has 0 bridgehead atoms. The number of amides is 1. The molecule has 2 fully saturated rings. The molecule has 0 aliphatic heterocycles. The van der Waals surface area contributed by atoms with Crippen LogP contribution in [0.5, 0.6) is 5.75 Å². The Morgan fingerprint density at radius 2 is 2.00 bits per heavy atom. The molecule has 178 valence electrons. The quantitative estimate of drug-likeness (QED) is 0.573. The van der Waals surface area contributed by atoms with E-state index in [2.05, 4.69) is 12.1 Å². The minimum Gasteiger partial charge on any atom is -0.490 e. The lowest BCUT2D eigenvalue weighted by Crippen LogP contribution is -2.28. The second-order valence-electron chi connectivity index (χ2n) is 9.12. The summed E-state index contributed by atoms with van der Waals surface area (Å²) < 4.78 is 17.2. The number of carboxylic acid groups (broad SMARTS) is 1. The second-order valence-corrected chi connectivity index (χ2v) is 9.12. The molecule has 4 rings (SSSR count). The summed E-state index contributed by atoms with van der Waals surface area (Å²) in [5, 5.41) is 13.5. The maximum Gasteiger partial charge on any atom is 0.409 e. The molecule has 4 atom stereocenters. The minimum atomic E-state index is -0.707. The molecule has 0 radical (unpaired) electrons. The average Bonchev–Trinajstić information content (AvgIpc) is 3.45. The van der Waals surface area contributed by atoms with Crippen LogP contribution < -0.4 is 4.74 Å². The second kappa shape index (κ2) is 9.85. The number of fused-ring (bicyclic) bond motifs is 1. The topological polar surface area (TPSA) is 102 Å². The number of aryl methyl sites for hydroxylation is 1. The van der Waals surface area contributed by atoms with Gasteiger partial charge in [-0.2, -0.15) is 0 Å². The lowest BCUT2D eigenvalue weighted by molar-refractivity contribution is -0.139. The van der Waals surface area contributed by atoms with E-state index in [1.54, 1.807) is 11.9 Å². The van der Waals surface area contributed by atoms with E-state index in [4.69, 9.17) is 14.0 Å². The van der Waals surface area contributed by atoms with Gasteiger partial charge in [0.15, 0.2) is 5.76 Å². The van der Waals surface area contributed by atoms with Gasteiger partial charge in [0, 0.05) is 25.1 Å². The molecule has 1 aromatic carbocycles. The minimum absolute atomic E-state index is 0.0529. The zero-order chi connectivity index (χ0) is 23.5. The number of aromatic nitrogens is 1. The number of unbranched alkanes of at least 4 members (excludes halogenated alkanes) is 1. The predicted molar refractivity (Wildman–Crippen MR) is 121 cm³/mol. The van der Waals surface area contributed by atoms with Crippen molar-refractivity contribution in [2.75, 3.05) is 13.6 Å². The van der Waals surface area contributed by atoms with Gasteiger partial charge in [0.1, 0.15) is 18.5 Å². The summed E-state index contributed by atoms with van der Waals surface area (Å²) in [6.07, 6.45) is 4.38. The maximum atomic E-state index is 12.2. The first-order valence-corrected chi connectivity index (χ1v) is 11.7. The van der Waals surface area contributed by atoms with Crippen LogP contribution in [0.25, 0.3) is 11.3 Å². The third-order valence-corrected chi connectivity index (χ3v) is 6.86. The molecule has 2 saturated carbocycles. The van der Waals surface area contributed by atoms with Crippen LogP contribution >= 0.6 is 0 Å². The number of nitrogens with zero attached hydrogens (tertiary/aromatic N) is 2. The first kappa shape index (κ1) is 23.1. The van der Waals surface area contributed by atoms with Crippen molar-refractivity contribution in [3.05, 3.63) is 35.5 Å². The lowest BCUT2D eigenvalue weighted by atomic mass is 9.98. The van der Waals surface area contributed by atoms with Crippen LogP contribution in [0, 0.1) is 24.7 Å². The molecule has 2 aromatic rings. The van der Waals surface area contributed by atoms with Crippen LogP contribution in [0.1, 0.15) is 50.3 Å². The van der Waals surface area contributed by atoms with Crippen molar-refractivity contribution < 1.29 is 28.7 Å². The van der Waals surface area contributed by atoms with Crippen LogP contribution in [-0.2, 0) is 16.1 Å². The molecular formula is C25H32N2O6. The van der Waals surface area contributed by atoms with Crippen molar-refractivity contribution in [1.29, 1.82) is 0 Å². The summed E-state index contributed by atoms with van der Waals surface area (Å²) in [6.45, 7) is 4.64. The Bertz CT molecular complexity index is 985. The summed E-state index contributed by atoms with van der Waals surface area (Å²) in [4.78, 5) is 25.2. The van der Waals surface area contributed by atoms with Crippen LogP contribution in [0.2, 0.25) is 0 Å². The Balaban J connectivity index is 1.39. The molecular weight excluding hydrogens is 424 g/mol. The molecule has 0 saturated heterocycles. The molecule has 0 spiro atoms. The van der Waals surface area contributed by atoms with E-state index in [1.165, 1.54) is 0 Å². The molecule has 33 heavy (non-hydrogen) atoms. The van der Waals surface area contributed by atoms with E-state index in [1.807, 2.05) is 31.2 Å². The van der Waals surface area contributed by atoms with Gasteiger partial charge in [0.25, 0.3) is 0 Å². The number of carbonyl (C=O) groups excluding carboxylic acids is 1. The molecule has 1 amide bonds. The molecule has 4 unspecified atom stereocenters. The number of carbonyl (C=O) groups is 2. The van der Waals surface area contributed by atoms with Gasteiger partial charge in [0.05, 0.1) is 17.2 Å². The lowest BCUT2D eigenvalue weighted by Gasteiger charge is -2.22. The van der Waals surface area contributed by atoms with Gasteiger partial charge in [-0.15, -0.1) is 0 Å². The number of aliphatic carboxylic acids is 1. The molecule has 8 heteroatoms. The van der Waals surface area contributed by atoms with Crippen molar-refractivity contribution in [2.24, 2.45) is 17.8 Å². The fraction of sp³-hybridized carbons (Fsp3) is 0.560. The average molecular weight is 457 g/mol. The van der Waals surface area contributed by atoms with Crippen molar-refractivity contribution in [3.63, 3.8) is 0 Å². The highest BCUT2D eigenvalue weighted by atomic mass is 16.6. The van der Waals surface area contributed by atoms with Crippen LogP contribution in [0.3, 0.4) is 0 Å². The smallest absolute Gasteiger partial charge is 0.409 e. The highest BCUT2D eigenvalue weighted by Crippen LogP contribution is 2.56.